The minimum Gasteiger partial charge on any atom is -0.354 e. The standard InChI is InChI=1S/C22H27N3O2S2/c1-13-14(2)29-21-18(13)20(27)24-17(25-21)11-28-15(3)19(26)23-12-22(4,5)16-9-7-6-8-10-16/h6-10,15H,11-12H2,1-5H3,(H,23,26)(H,24,25,27). The summed E-state index contributed by atoms with van der Waals surface area (Å²) in [4.78, 5) is 34.3. The molecule has 1 amide bonds. The first-order valence-corrected chi connectivity index (χ1v) is 11.5. The van der Waals surface area contributed by atoms with Crippen LogP contribution in [0.15, 0.2) is 35.1 Å². The maximum absolute atomic E-state index is 12.5. The molecule has 0 saturated heterocycles. The highest BCUT2D eigenvalue weighted by atomic mass is 32.2. The molecule has 2 N–H and O–H groups in total. The Labute approximate surface area is 179 Å². The molecule has 154 valence electrons. The second-order valence-electron chi connectivity index (χ2n) is 7.90. The van der Waals surface area contributed by atoms with E-state index < -0.39 is 0 Å². The molecule has 5 nitrogen and oxygen atoms in total. The third-order valence-corrected chi connectivity index (χ3v) is 7.44. The predicted octanol–water partition coefficient (Wildman–Crippen LogP) is 4.32. The Bertz CT molecular complexity index is 1070. The van der Waals surface area contributed by atoms with Gasteiger partial charge in [-0.3, -0.25) is 9.59 Å². The number of rotatable bonds is 7. The molecule has 0 aliphatic carbocycles. The molecule has 0 fully saturated rings. The lowest BCUT2D eigenvalue weighted by Gasteiger charge is -2.26. The topological polar surface area (TPSA) is 74.8 Å². The first kappa shape index (κ1) is 21.6. The predicted molar refractivity (Wildman–Crippen MR) is 123 cm³/mol. The van der Waals surface area contributed by atoms with Crippen LogP contribution in [0.3, 0.4) is 0 Å². The van der Waals surface area contributed by atoms with Crippen LogP contribution in [-0.4, -0.2) is 27.7 Å². The number of nitrogens with one attached hydrogen (secondary N) is 2. The van der Waals surface area contributed by atoms with E-state index in [1.807, 2.05) is 39.0 Å². The Morgan fingerprint density at radius 3 is 2.66 bits per heavy atom. The Morgan fingerprint density at radius 2 is 1.97 bits per heavy atom. The highest BCUT2D eigenvalue weighted by Gasteiger charge is 2.23. The van der Waals surface area contributed by atoms with Crippen molar-refractivity contribution in [3.63, 3.8) is 0 Å². The van der Waals surface area contributed by atoms with Gasteiger partial charge in [-0.1, -0.05) is 44.2 Å². The highest BCUT2D eigenvalue weighted by Crippen LogP contribution is 2.27. The summed E-state index contributed by atoms with van der Waals surface area (Å²) < 4.78 is 0. The van der Waals surface area contributed by atoms with E-state index in [1.54, 1.807) is 0 Å². The van der Waals surface area contributed by atoms with E-state index >= 15 is 0 Å². The zero-order valence-corrected chi connectivity index (χ0v) is 19.1. The van der Waals surface area contributed by atoms with E-state index in [1.165, 1.54) is 28.7 Å². The van der Waals surface area contributed by atoms with Gasteiger partial charge in [0.25, 0.3) is 5.56 Å². The Kier molecular flexibility index (Phi) is 6.49. The average Bonchev–Trinajstić information content (AvgIpc) is 2.99. The maximum Gasteiger partial charge on any atom is 0.259 e. The van der Waals surface area contributed by atoms with Gasteiger partial charge in [0.05, 0.1) is 16.4 Å². The van der Waals surface area contributed by atoms with E-state index in [-0.39, 0.29) is 22.1 Å². The number of aromatic nitrogens is 2. The lowest BCUT2D eigenvalue weighted by molar-refractivity contribution is -0.120. The quantitative estimate of drug-likeness (QED) is 0.587. The van der Waals surface area contributed by atoms with Crippen molar-refractivity contribution in [3.8, 4) is 0 Å². The molecule has 1 aromatic carbocycles. The minimum absolute atomic E-state index is 0.00903. The molecular weight excluding hydrogens is 402 g/mol. The number of aromatic amines is 1. The van der Waals surface area contributed by atoms with E-state index in [0.29, 0.717) is 23.5 Å². The number of carbonyl (C=O) groups excluding carboxylic acids is 1. The number of fused-ring (bicyclic) bond motifs is 1. The molecule has 0 spiro atoms. The molecule has 0 radical (unpaired) electrons. The van der Waals surface area contributed by atoms with Crippen molar-refractivity contribution >= 4 is 39.2 Å². The lowest BCUT2D eigenvalue weighted by atomic mass is 9.84. The Morgan fingerprint density at radius 1 is 1.28 bits per heavy atom. The molecule has 0 aliphatic heterocycles. The van der Waals surface area contributed by atoms with Crippen LogP contribution in [0.25, 0.3) is 10.2 Å². The average molecular weight is 430 g/mol. The van der Waals surface area contributed by atoms with Crippen molar-refractivity contribution in [2.45, 2.75) is 51.0 Å². The molecule has 2 heterocycles. The molecule has 0 aliphatic rings. The summed E-state index contributed by atoms with van der Waals surface area (Å²) in [6.07, 6.45) is 0. The third-order valence-electron chi connectivity index (χ3n) is 5.19. The first-order chi connectivity index (χ1) is 13.7. The zero-order valence-electron chi connectivity index (χ0n) is 17.5. The number of carbonyl (C=O) groups is 1. The molecule has 1 atom stereocenters. The third kappa shape index (κ3) is 4.90. The van der Waals surface area contributed by atoms with Crippen LogP contribution in [0.1, 0.15) is 42.6 Å². The molecule has 2 aromatic heterocycles. The SMILES string of the molecule is Cc1sc2nc(CSC(C)C(=O)NCC(C)(C)c3ccccc3)[nH]c(=O)c2c1C. The van der Waals surface area contributed by atoms with Gasteiger partial charge in [-0.15, -0.1) is 23.1 Å². The number of hydrogen-bond donors (Lipinski definition) is 2. The number of thioether (sulfide) groups is 1. The molecule has 0 saturated carbocycles. The van der Waals surface area contributed by atoms with E-state index in [2.05, 4.69) is 41.3 Å². The van der Waals surface area contributed by atoms with Crippen molar-refractivity contribution in [2.24, 2.45) is 0 Å². The van der Waals surface area contributed by atoms with Crippen molar-refractivity contribution in [1.29, 1.82) is 0 Å². The number of amides is 1. The van der Waals surface area contributed by atoms with Crippen LogP contribution in [0.2, 0.25) is 0 Å². The van der Waals surface area contributed by atoms with Crippen LogP contribution in [0.4, 0.5) is 0 Å². The number of thiophene rings is 1. The van der Waals surface area contributed by atoms with Crippen LogP contribution in [-0.2, 0) is 16.0 Å². The summed E-state index contributed by atoms with van der Waals surface area (Å²) in [5.74, 6) is 1.08. The summed E-state index contributed by atoms with van der Waals surface area (Å²) in [7, 11) is 0. The monoisotopic (exact) mass is 429 g/mol. The van der Waals surface area contributed by atoms with Crippen LogP contribution >= 0.6 is 23.1 Å². The van der Waals surface area contributed by atoms with Crippen LogP contribution < -0.4 is 10.9 Å². The Hall–Kier alpha value is -2.12. The van der Waals surface area contributed by atoms with Gasteiger partial charge in [0.15, 0.2) is 0 Å². The lowest BCUT2D eigenvalue weighted by Crippen LogP contribution is -2.40. The number of hydrogen-bond acceptors (Lipinski definition) is 5. The van der Waals surface area contributed by atoms with Crippen LogP contribution in [0, 0.1) is 13.8 Å². The van der Waals surface area contributed by atoms with Gasteiger partial charge < -0.3 is 10.3 Å². The smallest absolute Gasteiger partial charge is 0.259 e. The van der Waals surface area contributed by atoms with E-state index in [4.69, 9.17) is 0 Å². The summed E-state index contributed by atoms with van der Waals surface area (Å²) in [5.41, 5.74) is 1.94. The van der Waals surface area contributed by atoms with Crippen molar-refractivity contribution in [3.05, 3.63) is 62.5 Å². The van der Waals surface area contributed by atoms with Crippen molar-refractivity contribution < 1.29 is 4.79 Å². The van der Waals surface area contributed by atoms with E-state index in [9.17, 15) is 9.59 Å². The molecule has 3 aromatic rings. The van der Waals surface area contributed by atoms with Gasteiger partial charge in [0, 0.05) is 16.8 Å². The largest absolute Gasteiger partial charge is 0.354 e. The summed E-state index contributed by atoms with van der Waals surface area (Å²) in [5, 5.41) is 3.49. The van der Waals surface area contributed by atoms with Gasteiger partial charge in [0.1, 0.15) is 10.7 Å². The van der Waals surface area contributed by atoms with Gasteiger partial charge in [-0.2, -0.15) is 0 Å². The second-order valence-corrected chi connectivity index (χ2v) is 10.4. The molecule has 1 unspecified atom stereocenters. The van der Waals surface area contributed by atoms with Gasteiger partial charge in [-0.05, 0) is 31.9 Å². The normalized spacial score (nSPS) is 12.9. The van der Waals surface area contributed by atoms with Gasteiger partial charge >= 0.3 is 0 Å². The highest BCUT2D eigenvalue weighted by molar-refractivity contribution is 7.99. The molecule has 3 rings (SSSR count). The molecule has 0 bridgehead atoms. The molecular formula is C22H27N3O2S2. The van der Waals surface area contributed by atoms with Crippen molar-refractivity contribution in [2.75, 3.05) is 6.54 Å². The number of nitrogens with zero attached hydrogens (tertiary/aromatic N) is 1. The number of aryl methyl sites for hydroxylation is 2. The fourth-order valence-corrected chi connectivity index (χ4v) is 4.92. The fraction of sp³-hybridized carbons (Fsp3) is 0.409. The van der Waals surface area contributed by atoms with E-state index in [0.717, 1.165) is 15.3 Å². The Balaban J connectivity index is 1.59. The number of H-pyrrole nitrogens is 1. The first-order valence-electron chi connectivity index (χ1n) is 9.63. The van der Waals surface area contributed by atoms with Crippen molar-refractivity contribution in [1.82, 2.24) is 15.3 Å². The molecule has 7 heteroatoms. The minimum atomic E-state index is -0.241. The maximum atomic E-state index is 12.5. The van der Waals surface area contributed by atoms with Gasteiger partial charge in [0.2, 0.25) is 5.91 Å². The summed E-state index contributed by atoms with van der Waals surface area (Å²) >= 11 is 3.01. The number of benzene rings is 1. The fourth-order valence-electron chi connectivity index (χ4n) is 3.09. The summed E-state index contributed by atoms with van der Waals surface area (Å²) in [6, 6.07) is 10.2. The van der Waals surface area contributed by atoms with Crippen LogP contribution in [0.5, 0.6) is 0 Å². The summed E-state index contributed by atoms with van der Waals surface area (Å²) in [6.45, 7) is 10.6. The molecule has 29 heavy (non-hydrogen) atoms. The second kappa shape index (κ2) is 8.71. The zero-order chi connectivity index (χ0) is 21.2. The van der Waals surface area contributed by atoms with Gasteiger partial charge in [-0.25, -0.2) is 4.98 Å².